The van der Waals surface area contributed by atoms with Crippen LogP contribution in [-0.4, -0.2) is 36.2 Å². The maximum atomic E-state index is 13.5. The predicted molar refractivity (Wildman–Crippen MR) is 113 cm³/mol. The van der Waals surface area contributed by atoms with E-state index in [9.17, 15) is 18.7 Å². The molecule has 0 saturated carbocycles. The largest absolute Gasteiger partial charge is 0.390 e. The van der Waals surface area contributed by atoms with Crippen LogP contribution in [0.15, 0.2) is 36.4 Å². The molecular formula is C23H29F2N3O2. The average Bonchev–Trinajstić information content (AvgIpc) is 2.70. The van der Waals surface area contributed by atoms with Gasteiger partial charge in [0.15, 0.2) is 0 Å². The van der Waals surface area contributed by atoms with Crippen LogP contribution < -0.4 is 16.0 Å². The van der Waals surface area contributed by atoms with Gasteiger partial charge in [0.05, 0.1) is 12.1 Å². The van der Waals surface area contributed by atoms with Crippen molar-refractivity contribution in [1.82, 2.24) is 10.6 Å². The minimum atomic E-state index is -0.923. The molecule has 0 fully saturated rings. The van der Waals surface area contributed by atoms with Gasteiger partial charge in [0.25, 0.3) is 0 Å². The molecule has 162 valence electrons. The number of rotatable bonds is 8. The minimum absolute atomic E-state index is 0.0759. The van der Waals surface area contributed by atoms with E-state index < -0.39 is 23.8 Å². The van der Waals surface area contributed by atoms with Crippen LogP contribution in [0.2, 0.25) is 0 Å². The van der Waals surface area contributed by atoms with Gasteiger partial charge in [-0.05, 0) is 54.2 Å². The second-order valence-corrected chi connectivity index (χ2v) is 7.81. The lowest BCUT2D eigenvalue weighted by atomic mass is 9.94. The number of fused-ring (bicyclic) bond motifs is 1. The van der Waals surface area contributed by atoms with Crippen molar-refractivity contribution in [2.75, 3.05) is 18.4 Å². The van der Waals surface area contributed by atoms with Crippen molar-refractivity contribution in [2.24, 2.45) is 0 Å². The van der Waals surface area contributed by atoms with Gasteiger partial charge in [-0.2, -0.15) is 0 Å². The average molecular weight is 418 g/mol. The Morgan fingerprint density at radius 1 is 1.20 bits per heavy atom. The number of halogens is 2. The molecule has 7 heteroatoms. The van der Waals surface area contributed by atoms with Crippen LogP contribution in [0.4, 0.5) is 14.5 Å². The van der Waals surface area contributed by atoms with Crippen molar-refractivity contribution in [3.63, 3.8) is 0 Å². The van der Waals surface area contributed by atoms with Gasteiger partial charge in [0.1, 0.15) is 11.6 Å². The van der Waals surface area contributed by atoms with Crippen molar-refractivity contribution in [2.45, 2.75) is 51.3 Å². The zero-order valence-electron chi connectivity index (χ0n) is 17.3. The number of hydrogen-bond donors (Lipinski definition) is 4. The molecule has 4 N–H and O–H groups in total. The maximum Gasteiger partial charge on any atom is 0.217 e. The Bertz CT molecular complexity index is 870. The van der Waals surface area contributed by atoms with Gasteiger partial charge in [0, 0.05) is 37.8 Å². The molecule has 2 aromatic carbocycles. The van der Waals surface area contributed by atoms with Crippen molar-refractivity contribution < 1.29 is 18.7 Å². The molecule has 5 nitrogen and oxygen atoms in total. The molecule has 1 aliphatic heterocycles. The van der Waals surface area contributed by atoms with E-state index in [-0.39, 0.29) is 24.9 Å². The summed E-state index contributed by atoms with van der Waals surface area (Å²) in [5, 5.41) is 20.3. The highest BCUT2D eigenvalue weighted by molar-refractivity contribution is 5.73. The zero-order chi connectivity index (χ0) is 21.7. The van der Waals surface area contributed by atoms with E-state index in [4.69, 9.17) is 0 Å². The van der Waals surface area contributed by atoms with Gasteiger partial charge in [-0.3, -0.25) is 4.79 Å². The molecule has 0 spiro atoms. The molecule has 1 unspecified atom stereocenters. The summed E-state index contributed by atoms with van der Waals surface area (Å²) in [5.74, 6) is -1.68. The third-order valence-electron chi connectivity index (χ3n) is 5.45. The Morgan fingerprint density at radius 2 is 1.93 bits per heavy atom. The number of hydrogen-bond acceptors (Lipinski definition) is 4. The first-order valence-corrected chi connectivity index (χ1v) is 10.4. The molecule has 0 aliphatic carbocycles. The third kappa shape index (κ3) is 5.77. The van der Waals surface area contributed by atoms with E-state index in [2.05, 4.69) is 41.1 Å². The maximum absolute atomic E-state index is 13.5. The molecule has 1 amide bonds. The van der Waals surface area contributed by atoms with Crippen molar-refractivity contribution >= 4 is 11.6 Å². The van der Waals surface area contributed by atoms with E-state index in [1.54, 1.807) is 0 Å². The number of anilines is 1. The lowest BCUT2D eigenvalue weighted by Crippen LogP contribution is -2.48. The monoisotopic (exact) mass is 417 g/mol. The topological polar surface area (TPSA) is 73.4 Å². The second kappa shape index (κ2) is 10.00. The number of amides is 1. The third-order valence-corrected chi connectivity index (χ3v) is 5.45. The van der Waals surface area contributed by atoms with Gasteiger partial charge < -0.3 is 21.1 Å². The van der Waals surface area contributed by atoms with Crippen LogP contribution in [-0.2, 0) is 17.6 Å². The van der Waals surface area contributed by atoms with Crippen LogP contribution in [0.5, 0.6) is 0 Å². The number of aliphatic hydroxyl groups is 1. The van der Waals surface area contributed by atoms with Gasteiger partial charge in [-0.1, -0.05) is 19.1 Å². The number of aryl methyl sites for hydroxylation is 1. The molecule has 0 bridgehead atoms. The molecule has 0 aromatic heterocycles. The molecule has 1 aliphatic rings. The SMILES string of the molecule is CCc1ccc2c(c1)C(NC[C@@H](O)[C@H](Cc1cc(F)cc(F)c1)NC(C)=O)CCN2. The summed E-state index contributed by atoms with van der Waals surface area (Å²) in [7, 11) is 0. The number of benzene rings is 2. The highest BCUT2D eigenvalue weighted by Crippen LogP contribution is 2.30. The smallest absolute Gasteiger partial charge is 0.217 e. The lowest BCUT2D eigenvalue weighted by molar-refractivity contribution is -0.120. The van der Waals surface area contributed by atoms with E-state index in [1.807, 2.05) is 0 Å². The van der Waals surface area contributed by atoms with Gasteiger partial charge in [-0.15, -0.1) is 0 Å². The fourth-order valence-electron chi connectivity index (χ4n) is 3.93. The number of carbonyl (C=O) groups is 1. The van der Waals surface area contributed by atoms with Gasteiger partial charge in [0.2, 0.25) is 5.91 Å². The Labute approximate surface area is 175 Å². The van der Waals surface area contributed by atoms with Gasteiger partial charge in [-0.25, -0.2) is 8.78 Å². The van der Waals surface area contributed by atoms with Crippen LogP contribution >= 0.6 is 0 Å². The van der Waals surface area contributed by atoms with Crippen LogP contribution in [0.1, 0.15) is 43.0 Å². The van der Waals surface area contributed by atoms with E-state index >= 15 is 0 Å². The highest BCUT2D eigenvalue weighted by atomic mass is 19.1. The van der Waals surface area contributed by atoms with Crippen LogP contribution in [0, 0.1) is 11.6 Å². The molecule has 30 heavy (non-hydrogen) atoms. The number of aliphatic hydroxyl groups excluding tert-OH is 1. The Kier molecular flexibility index (Phi) is 7.39. The Hall–Kier alpha value is -2.51. The molecular weight excluding hydrogens is 388 g/mol. The number of carbonyl (C=O) groups excluding carboxylic acids is 1. The lowest BCUT2D eigenvalue weighted by Gasteiger charge is -2.31. The molecule has 3 atom stereocenters. The fraction of sp³-hybridized carbons (Fsp3) is 0.435. The molecule has 2 aromatic rings. The van der Waals surface area contributed by atoms with E-state index in [0.717, 1.165) is 36.7 Å². The molecule has 1 heterocycles. The summed E-state index contributed by atoms with van der Waals surface area (Å²) in [5.41, 5.74) is 3.87. The Balaban J connectivity index is 1.69. The van der Waals surface area contributed by atoms with E-state index in [0.29, 0.717) is 5.56 Å². The Morgan fingerprint density at radius 3 is 2.60 bits per heavy atom. The minimum Gasteiger partial charge on any atom is -0.390 e. The summed E-state index contributed by atoms with van der Waals surface area (Å²) in [6.07, 6.45) is 1.01. The number of nitrogens with one attached hydrogen (secondary N) is 3. The summed E-state index contributed by atoms with van der Waals surface area (Å²) >= 11 is 0. The second-order valence-electron chi connectivity index (χ2n) is 7.81. The fourth-order valence-corrected chi connectivity index (χ4v) is 3.93. The summed E-state index contributed by atoms with van der Waals surface area (Å²) in [6, 6.07) is 9.00. The molecule has 3 rings (SSSR count). The summed E-state index contributed by atoms with van der Waals surface area (Å²) in [6.45, 7) is 4.53. The standard InChI is InChI=1S/C23H29F2N3O2/c1-3-15-4-5-20-19(10-15)21(6-7-26-20)27-13-23(30)22(28-14(2)29)11-16-8-17(24)12-18(25)9-16/h4-5,8-10,12,21-23,26-27,30H,3,6-7,11,13H2,1-2H3,(H,28,29)/t21?,22-,23+/m0/s1. The van der Waals surface area contributed by atoms with Gasteiger partial charge >= 0.3 is 0 Å². The molecule has 0 radical (unpaired) electrons. The quantitative estimate of drug-likeness (QED) is 0.533. The van der Waals surface area contributed by atoms with Crippen molar-refractivity contribution in [1.29, 1.82) is 0 Å². The summed E-state index contributed by atoms with van der Waals surface area (Å²) < 4.78 is 27.1. The first kappa shape index (κ1) is 22.2. The van der Waals surface area contributed by atoms with E-state index in [1.165, 1.54) is 24.6 Å². The zero-order valence-corrected chi connectivity index (χ0v) is 17.3. The van der Waals surface area contributed by atoms with Crippen molar-refractivity contribution in [3.05, 3.63) is 64.7 Å². The molecule has 0 saturated heterocycles. The van der Waals surface area contributed by atoms with Crippen LogP contribution in [0.3, 0.4) is 0 Å². The highest BCUT2D eigenvalue weighted by Gasteiger charge is 2.25. The normalized spacial score (nSPS) is 17.6. The van der Waals surface area contributed by atoms with Crippen LogP contribution in [0.25, 0.3) is 0 Å². The summed E-state index contributed by atoms with van der Waals surface area (Å²) in [4.78, 5) is 11.6. The first-order valence-electron chi connectivity index (χ1n) is 10.4. The first-order chi connectivity index (χ1) is 14.4. The predicted octanol–water partition coefficient (Wildman–Crippen LogP) is 3.08. The van der Waals surface area contributed by atoms with Crippen molar-refractivity contribution in [3.8, 4) is 0 Å².